The van der Waals surface area contributed by atoms with Crippen molar-refractivity contribution in [2.45, 2.75) is 0 Å². The van der Waals surface area contributed by atoms with Gasteiger partial charge in [0.2, 0.25) is 0 Å². The van der Waals surface area contributed by atoms with Gasteiger partial charge >= 0.3 is 0 Å². The van der Waals surface area contributed by atoms with E-state index in [2.05, 4.69) is 156 Å². The SMILES string of the molecule is [c]1ccc2c(c1-c1c3ccccc3c(-c3ccccc3)c3ccccc13)c1ccccc1n2-c1ccccc1. The first kappa shape index (κ1) is 21.9. The lowest BCUT2D eigenvalue weighted by Crippen LogP contribution is -1.94. The summed E-state index contributed by atoms with van der Waals surface area (Å²) in [5, 5.41) is 7.48. The Balaban J connectivity index is 1.57. The minimum absolute atomic E-state index is 1.14. The Kier molecular flexibility index (Phi) is 4.89. The van der Waals surface area contributed by atoms with Gasteiger partial charge in [0.15, 0.2) is 0 Å². The first-order valence-electron chi connectivity index (χ1n) is 13.4. The highest BCUT2D eigenvalue weighted by atomic mass is 15.0. The van der Waals surface area contributed by atoms with Crippen molar-refractivity contribution in [3.8, 4) is 27.9 Å². The fourth-order valence-corrected chi connectivity index (χ4v) is 6.32. The molecule has 0 aliphatic heterocycles. The summed E-state index contributed by atoms with van der Waals surface area (Å²) in [7, 11) is 0. The third-order valence-electron chi connectivity index (χ3n) is 7.89. The second-order valence-electron chi connectivity index (χ2n) is 10.0. The van der Waals surface area contributed by atoms with Gasteiger partial charge in [-0.3, -0.25) is 0 Å². The van der Waals surface area contributed by atoms with E-state index in [-0.39, 0.29) is 0 Å². The smallest absolute Gasteiger partial charge is 0.0547 e. The van der Waals surface area contributed by atoms with Crippen LogP contribution in [0.25, 0.3) is 71.3 Å². The van der Waals surface area contributed by atoms with Crippen molar-refractivity contribution in [2.75, 3.05) is 0 Å². The Labute approximate surface area is 227 Å². The van der Waals surface area contributed by atoms with Crippen LogP contribution in [0.15, 0.2) is 146 Å². The van der Waals surface area contributed by atoms with Gasteiger partial charge < -0.3 is 4.57 Å². The number of rotatable bonds is 3. The summed E-state index contributed by atoms with van der Waals surface area (Å²) in [4.78, 5) is 0. The van der Waals surface area contributed by atoms with Gasteiger partial charge in [-0.1, -0.05) is 121 Å². The molecule has 0 amide bonds. The topological polar surface area (TPSA) is 4.93 Å². The average Bonchev–Trinajstić information content (AvgIpc) is 3.35. The fourth-order valence-electron chi connectivity index (χ4n) is 6.32. The van der Waals surface area contributed by atoms with E-state index in [1.165, 1.54) is 60.0 Å². The van der Waals surface area contributed by atoms with Crippen LogP contribution in [0.4, 0.5) is 0 Å². The molecular weight excluding hydrogens is 470 g/mol. The maximum atomic E-state index is 3.71. The van der Waals surface area contributed by atoms with Crippen molar-refractivity contribution in [1.29, 1.82) is 0 Å². The standard InChI is InChI=1S/C38H24N/c1-3-14-26(15-4-1)36-28-18-7-9-20-30(28)37(31-21-10-8-19-29(31)36)33-23-13-25-35-38(33)32-22-11-12-24-34(32)39(35)27-16-5-2-6-17-27/h1-22,24-25H. The Morgan fingerprint density at radius 1 is 0.410 bits per heavy atom. The third-order valence-corrected chi connectivity index (χ3v) is 7.89. The number of aromatic nitrogens is 1. The fraction of sp³-hybridized carbons (Fsp3) is 0. The second kappa shape index (κ2) is 8.72. The van der Waals surface area contributed by atoms with Crippen LogP contribution >= 0.6 is 0 Å². The molecule has 1 heterocycles. The number of benzene rings is 7. The second-order valence-corrected chi connectivity index (χ2v) is 10.0. The first-order chi connectivity index (χ1) is 19.4. The average molecular weight is 495 g/mol. The van der Waals surface area contributed by atoms with E-state index in [9.17, 15) is 0 Å². The van der Waals surface area contributed by atoms with Gasteiger partial charge in [0.05, 0.1) is 11.0 Å². The summed E-state index contributed by atoms with van der Waals surface area (Å²) >= 11 is 0. The Bertz CT molecular complexity index is 2090. The van der Waals surface area contributed by atoms with Crippen LogP contribution in [0.2, 0.25) is 0 Å². The molecule has 0 saturated carbocycles. The molecule has 1 nitrogen and oxygen atoms in total. The predicted octanol–water partition coefficient (Wildman–Crippen LogP) is 10.2. The quantitative estimate of drug-likeness (QED) is 0.215. The van der Waals surface area contributed by atoms with Crippen LogP contribution in [0.5, 0.6) is 0 Å². The number of fused-ring (bicyclic) bond motifs is 5. The van der Waals surface area contributed by atoms with Gasteiger partial charge in [-0.2, -0.15) is 0 Å². The van der Waals surface area contributed by atoms with Crippen LogP contribution in [0.1, 0.15) is 0 Å². The highest BCUT2D eigenvalue weighted by Gasteiger charge is 2.21. The number of nitrogens with zero attached hydrogens (tertiary/aromatic N) is 1. The third kappa shape index (κ3) is 3.27. The zero-order valence-corrected chi connectivity index (χ0v) is 21.3. The van der Waals surface area contributed by atoms with E-state index in [1.807, 2.05) is 0 Å². The van der Waals surface area contributed by atoms with Crippen molar-refractivity contribution in [3.05, 3.63) is 152 Å². The van der Waals surface area contributed by atoms with Crippen LogP contribution in [0, 0.1) is 6.07 Å². The van der Waals surface area contributed by atoms with E-state index < -0.39 is 0 Å². The minimum atomic E-state index is 1.14. The van der Waals surface area contributed by atoms with Gasteiger partial charge in [0.25, 0.3) is 0 Å². The summed E-state index contributed by atoms with van der Waals surface area (Å²) in [5.41, 5.74) is 8.46. The largest absolute Gasteiger partial charge is 0.309 e. The molecule has 0 spiro atoms. The number of hydrogen-bond acceptors (Lipinski definition) is 0. The molecule has 1 aromatic heterocycles. The summed E-state index contributed by atoms with van der Waals surface area (Å²) in [6.45, 7) is 0. The van der Waals surface area contributed by atoms with Gasteiger partial charge in [-0.05, 0) is 68.6 Å². The summed E-state index contributed by atoms with van der Waals surface area (Å²) < 4.78 is 2.38. The molecule has 181 valence electrons. The lowest BCUT2D eigenvalue weighted by atomic mass is 9.85. The highest BCUT2D eigenvalue weighted by Crippen LogP contribution is 2.46. The molecule has 0 unspecified atom stereocenters. The molecule has 1 radical (unpaired) electrons. The van der Waals surface area contributed by atoms with Gasteiger partial charge in [0, 0.05) is 22.0 Å². The molecule has 39 heavy (non-hydrogen) atoms. The highest BCUT2D eigenvalue weighted by molar-refractivity contribution is 6.26. The maximum absolute atomic E-state index is 3.71. The number of para-hydroxylation sites is 2. The van der Waals surface area contributed by atoms with Crippen LogP contribution < -0.4 is 0 Å². The molecule has 1 heteroatoms. The first-order valence-corrected chi connectivity index (χ1v) is 13.4. The lowest BCUT2D eigenvalue weighted by molar-refractivity contribution is 1.18. The molecule has 0 aliphatic rings. The molecule has 0 aliphatic carbocycles. The van der Waals surface area contributed by atoms with Gasteiger partial charge in [-0.25, -0.2) is 0 Å². The van der Waals surface area contributed by atoms with Crippen molar-refractivity contribution in [2.24, 2.45) is 0 Å². The van der Waals surface area contributed by atoms with E-state index >= 15 is 0 Å². The van der Waals surface area contributed by atoms with E-state index in [1.54, 1.807) is 0 Å². The summed E-state index contributed by atoms with van der Waals surface area (Å²) in [6, 6.07) is 55.8. The van der Waals surface area contributed by atoms with E-state index in [4.69, 9.17) is 0 Å². The van der Waals surface area contributed by atoms with Crippen LogP contribution in [-0.2, 0) is 0 Å². The van der Waals surface area contributed by atoms with Crippen molar-refractivity contribution in [3.63, 3.8) is 0 Å². The molecule has 0 saturated heterocycles. The summed E-state index contributed by atoms with van der Waals surface area (Å²) in [5.74, 6) is 0. The monoisotopic (exact) mass is 494 g/mol. The molecule has 8 rings (SSSR count). The van der Waals surface area contributed by atoms with Crippen molar-refractivity contribution >= 4 is 43.4 Å². The predicted molar refractivity (Wildman–Crippen MR) is 166 cm³/mol. The molecule has 0 fully saturated rings. The number of hydrogen-bond donors (Lipinski definition) is 0. The van der Waals surface area contributed by atoms with Crippen LogP contribution in [0.3, 0.4) is 0 Å². The Morgan fingerprint density at radius 3 is 1.56 bits per heavy atom. The van der Waals surface area contributed by atoms with E-state index in [0.29, 0.717) is 0 Å². The minimum Gasteiger partial charge on any atom is -0.309 e. The zero-order valence-electron chi connectivity index (χ0n) is 21.3. The van der Waals surface area contributed by atoms with E-state index in [0.717, 1.165) is 11.3 Å². The molecule has 0 bridgehead atoms. The molecular formula is C38H24N. The molecule has 8 aromatic rings. The molecule has 0 atom stereocenters. The molecule has 0 N–H and O–H groups in total. The lowest BCUT2D eigenvalue weighted by Gasteiger charge is -2.18. The van der Waals surface area contributed by atoms with Crippen molar-refractivity contribution in [1.82, 2.24) is 4.57 Å². The Hall–Kier alpha value is -5.14. The van der Waals surface area contributed by atoms with Crippen molar-refractivity contribution < 1.29 is 0 Å². The zero-order chi connectivity index (χ0) is 25.8. The van der Waals surface area contributed by atoms with Gasteiger partial charge in [-0.15, -0.1) is 0 Å². The van der Waals surface area contributed by atoms with Crippen LogP contribution in [-0.4, -0.2) is 4.57 Å². The van der Waals surface area contributed by atoms with Gasteiger partial charge in [0.1, 0.15) is 0 Å². The normalized spacial score (nSPS) is 11.6. The Morgan fingerprint density at radius 2 is 0.923 bits per heavy atom. The summed E-state index contributed by atoms with van der Waals surface area (Å²) in [6.07, 6.45) is 0. The maximum Gasteiger partial charge on any atom is 0.0547 e. The molecule has 7 aromatic carbocycles.